The molecule has 5 nitrogen and oxygen atoms in total. The summed E-state index contributed by atoms with van der Waals surface area (Å²) in [5.41, 5.74) is 10.5. The van der Waals surface area contributed by atoms with Gasteiger partial charge in [-0.25, -0.2) is 0 Å². The molecule has 0 amide bonds. The fourth-order valence-electron chi connectivity index (χ4n) is 1.58. The number of ketones is 1. The molecule has 0 rings (SSSR count). The average molecular weight is 228 g/mol. The molecule has 0 fully saturated rings. The first-order valence-corrected chi connectivity index (χ1v) is 5.81. The van der Waals surface area contributed by atoms with E-state index in [1.54, 1.807) is 0 Å². The summed E-state index contributed by atoms with van der Waals surface area (Å²) < 4.78 is 0. The summed E-state index contributed by atoms with van der Waals surface area (Å²) in [6, 6.07) is 0.00389. The van der Waals surface area contributed by atoms with Crippen LogP contribution in [0.3, 0.4) is 0 Å². The number of hydrogen-bond donors (Lipinski definition) is 2. The molecule has 0 aromatic heterocycles. The topological polar surface area (TPSA) is 84.7 Å². The molecule has 4 N–H and O–H groups in total. The van der Waals surface area contributed by atoms with Crippen LogP contribution in [-0.4, -0.2) is 42.8 Å². The van der Waals surface area contributed by atoms with Gasteiger partial charge in [-0.05, 0) is 26.4 Å². The molecule has 0 aliphatic rings. The van der Waals surface area contributed by atoms with Gasteiger partial charge in [0.2, 0.25) is 0 Å². The molecule has 0 heterocycles. The van der Waals surface area contributed by atoms with Crippen molar-refractivity contribution < 1.29 is 4.79 Å². The van der Waals surface area contributed by atoms with E-state index in [9.17, 15) is 4.79 Å². The highest BCUT2D eigenvalue weighted by atomic mass is 16.1. The molecule has 1 atom stereocenters. The van der Waals surface area contributed by atoms with Crippen molar-refractivity contribution in [1.82, 2.24) is 4.90 Å². The van der Waals surface area contributed by atoms with Crippen LogP contribution in [0.5, 0.6) is 0 Å². The first-order valence-electron chi connectivity index (χ1n) is 5.81. The molecule has 0 saturated carbocycles. The lowest BCUT2D eigenvalue weighted by atomic mass is 10.0. The molecule has 16 heavy (non-hydrogen) atoms. The lowest BCUT2D eigenvalue weighted by Crippen LogP contribution is -2.38. The van der Waals surface area contributed by atoms with Crippen molar-refractivity contribution in [3.05, 3.63) is 0 Å². The maximum atomic E-state index is 11.7. The van der Waals surface area contributed by atoms with Crippen LogP contribution in [0.1, 0.15) is 33.1 Å². The van der Waals surface area contributed by atoms with Crippen LogP contribution in [0.25, 0.3) is 0 Å². The van der Waals surface area contributed by atoms with E-state index in [1.165, 1.54) is 0 Å². The predicted molar refractivity (Wildman–Crippen MR) is 67.3 cm³/mol. The second kappa shape index (κ2) is 8.10. The largest absolute Gasteiger partial charge is 0.370 e. The van der Waals surface area contributed by atoms with Crippen LogP contribution in [0.15, 0.2) is 4.99 Å². The zero-order chi connectivity index (χ0) is 12.6. The molecular weight excluding hydrogens is 204 g/mol. The Labute approximate surface area is 97.9 Å². The molecular formula is C11H24N4O. The second-order valence-electron chi connectivity index (χ2n) is 3.86. The van der Waals surface area contributed by atoms with Gasteiger partial charge in [0.1, 0.15) is 5.78 Å². The van der Waals surface area contributed by atoms with Crippen molar-refractivity contribution in [3.63, 3.8) is 0 Å². The summed E-state index contributed by atoms with van der Waals surface area (Å²) in [5, 5.41) is 0. The van der Waals surface area contributed by atoms with Crippen LogP contribution in [0.4, 0.5) is 0 Å². The number of Topliss-reactive ketones (excluding diaryl/α,β-unsaturated/α-hetero) is 1. The highest BCUT2D eigenvalue weighted by Crippen LogP contribution is 2.08. The highest BCUT2D eigenvalue weighted by Gasteiger charge is 2.19. The minimum absolute atomic E-state index is 0.00389. The van der Waals surface area contributed by atoms with E-state index >= 15 is 0 Å². The summed E-state index contributed by atoms with van der Waals surface area (Å²) in [6.07, 6.45) is 2.23. The van der Waals surface area contributed by atoms with Crippen molar-refractivity contribution >= 4 is 11.7 Å². The Balaban J connectivity index is 4.12. The summed E-state index contributed by atoms with van der Waals surface area (Å²) in [5.74, 6) is 0.399. The first-order chi connectivity index (χ1) is 7.52. The molecule has 0 aromatic rings. The molecule has 0 aliphatic heterocycles. The van der Waals surface area contributed by atoms with E-state index in [1.807, 2.05) is 20.9 Å². The van der Waals surface area contributed by atoms with Crippen LogP contribution in [0, 0.1) is 0 Å². The minimum Gasteiger partial charge on any atom is -0.370 e. The van der Waals surface area contributed by atoms with Gasteiger partial charge in [-0.1, -0.05) is 13.8 Å². The monoisotopic (exact) mass is 228 g/mol. The Kier molecular flexibility index (Phi) is 7.54. The zero-order valence-electron chi connectivity index (χ0n) is 10.6. The van der Waals surface area contributed by atoms with Crippen molar-refractivity contribution in [2.45, 2.75) is 39.2 Å². The van der Waals surface area contributed by atoms with Crippen LogP contribution in [-0.2, 0) is 4.79 Å². The summed E-state index contributed by atoms with van der Waals surface area (Å²) >= 11 is 0. The molecule has 0 aromatic carbocycles. The molecule has 0 bridgehead atoms. The Morgan fingerprint density at radius 1 is 1.38 bits per heavy atom. The second-order valence-corrected chi connectivity index (χ2v) is 3.86. The molecule has 5 heteroatoms. The number of likely N-dealkylation sites (N-methyl/N-ethyl adjacent to an activating group) is 1. The predicted octanol–water partition coefficient (Wildman–Crippen LogP) is 0.339. The minimum atomic E-state index is 0.00389. The third kappa shape index (κ3) is 5.70. The van der Waals surface area contributed by atoms with Gasteiger partial charge < -0.3 is 11.5 Å². The quantitative estimate of drug-likeness (QED) is 0.356. The van der Waals surface area contributed by atoms with Gasteiger partial charge in [0.05, 0.1) is 6.04 Å². The highest BCUT2D eigenvalue weighted by molar-refractivity contribution is 5.83. The Hall–Kier alpha value is -1.10. The summed E-state index contributed by atoms with van der Waals surface area (Å²) in [7, 11) is 1.97. The fraction of sp³-hybridized carbons (Fsp3) is 0.818. The third-order valence-corrected chi connectivity index (χ3v) is 2.68. The number of nitrogens with zero attached hydrogens (tertiary/aromatic N) is 2. The summed E-state index contributed by atoms with van der Waals surface area (Å²) in [6.45, 7) is 5.41. The van der Waals surface area contributed by atoms with E-state index in [-0.39, 0.29) is 17.8 Å². The van der Waals surface area contributed by atoms with Crippen LogP contribution in [0.2, 0.25) is 0 Å². The molecule has 0 unspecified atom stereocenters. The SMILES string of the molecule is CCC(=O)[C@H](CCCN=C(N)N)N(C)CC. The first kappa shape index (κ1) is 14.9. The van der Waals surface area contributed by atoms with E-state index in [2.05, 4.69) is 9.89 Å². The number of carbonyl (C=O) groups excluding carboxylic acids is 1. The van der Waals surface area contributed by atoms with E-state index in [0.717, 1.165) is 19.4 Å². The van der Waals surface area contributed by atoms with E-state index < -0.39 is 0 Å². The summed E-state index contributed by atoms with van der Waals surface area (Å²) in [4.78, 5) is 17.7. The average Bonchev–Trinajstić information content (AvgIpc) is 2.27. The lowest BCUT2D eigenvalue weighted by molar-refractivity contribution is -0.123. The third-order valence-electron chi connectivity index (χ3n) is 2.68. The number of aliphatic imine (C=N–C) groups is 1. The van der Waals surface area contributed by atoms with E-state index in [0.29, 0.717) is 13.0 Å². The normalized spacial score (nSPS) is 12.5. The fourth-order valence-corrected chi connectivity index (χ4v) is 1.58. The molecule has 94 valence electrons. The number of hydrogen-bond acceptors (Lipinski definition) is 3. The van der Waals surface area contributed by atoms with Crippen molar-refractivity contribution in [1.29, 1.82) is 0 Å². The van der Waals surface area contributed by atoms with Gasteiger partial charge in [0.25, 0.3) is 0 Å². The van der Waals surface area contributed by atoms with Gasteiger partial charge in [-0.15, -0.1) is 0 Å². The van der Waals surface area contributed by atoms with Crippen molar-refractivity contribution in [2.24, 2.45) is 16.5 Å². The maximum Gasteiger partial charge on any atom is 0.185 e. The number of rotatable bonds is 8. The van der Waals surface area contributed by atoms with Gasteiger partial charge in [0.15, 0.2) is 5.96 Å². The Morgan fingerprint density at radius 2 is 2.00 bits per heavy atom. The zero-order valence-corrected chi connectivity index (χ0v) is 10.6. The van der Waals surface area contributed by atoms with Gasteiger partial charge in [-0.3, -0.25) is 14.7 Å². The lowest BCUT2D eigenvalue weighted by Gasteiger charge is -2.25. The van der Waals surface area contributed by atoms with Crippen LogP contribution < -0.4 is 11.5 Å². The van der Waals surface area contributed by atoms with Gasteiger partial charge in [0, 0.05) is 13.0 Å². The number of nitrogens with two attached hydrogens (primary N) is 2. The van der Waals surface area contributed by atoms with Crippen LogP contribution >= 0.6 is 0 Å². The Morgan fingerprint density at radius 3 is 2.44 bits per heavy atom. The molecule has 0 spiro atoms. The maximum absolute atomic E-state index is 11.7. The van der Waals surface area contributed by atoms with Crippen molar-refractivity contribution in [3.8, 4) is 0 Å². The Bertz CT molecular complexity index is 236. The van der Waals surface area contributed by atoms with Gasteiger partial charge >= 0.3 is 0 Å². The van der Waals surface area contributed by atoms with Gasteiger partial charge in [-0.2, -0.15) is 0 Å². The molecule has 0 radical (unpaired) electrons. The number of guanidine groups is 1. The molecule has 0 saturated heterocycles. The molecule has 0 aliphatic carbocycles. The smallest absolute Gasteiger partial charge is 0.185 e. The van der Waals surface area contributed by atoms with E-state index in [4.69, 9.17) is 11.5 Å². The van der Waals surface area contributed by atoms with Crippen molar-refractivity contribution in [2.75, 3.05) is 20.1 Å². The number of carbonyl (C=O) groups is 1. The standard InChI is InChI=1S/C11H24N4O/c1-4-10(16)9(15(3)5-2)7-6-8-14-11(12)13/h9H,4-8H2,1-3H3,(H4,12,13,14)/t9-/m0/s1.